The molecule has 3 aromatic heterocycles. The summed E-state index contributed by atoms with van der Waals surface area (Å²) >= 11 is 1.31. The van der Waals surface area contributed by atoms with Crippen molar-refractivity contribution in [3.8, 4) is 17.3 Å². The lowest BCUT2D eigenvalue weighted by molar-refractivity contribution is -0.142. The summed E-state index contributed by atoms with van der Waals surface area (Å²) in [6, 6.07) is 11.1. The van der Waals surface area contributed by atoms with Crippen LogP contribution in [0.5, 0.6) is 0 Å². The van der Waals surface area contributed by atoms with E-state index in [4.69, 9.17) is 9.97 Å². The number of anilines is 3. The molecular formula is C31H33FN8O2S. The van der Waals surface area contributed by atoms with Gasteiger partial charge in [-0.15, -0.1) is 0 Å². The molecule has 7 rings (SSSR count). The number of carbonyl (C=O) groups is 1. The second kappa shape index (κ2) is 10.6. The Morgan fingerprint density at radius 3 is 2.60 bits per heavy atom. The fourth-order valence-electron chi connectivity index (χ4n) is 6.69. The van der Waals surface area contributed by atoms with E-state index in [1.165, 1.54) is 23.5 Å². The first-order valence-electron chi connectivity index (χ1n) is 14.6. The van der Waals surface area contributed by atoms with Crippen molar-refractivity contribution in [2.75, 3.05) is 49.6 Å². The van der Waals surface area contributed by atoms with Gasteiger partial charge in [-0.25, -0.2) is 14.4 Å². The largest absolute Gasteiger partial charge is 0.389 e. The molecule has 222 valence electrons. The number of imidazole rings is 1. The maximum absolute atomic E-state index is 13.6. The number of nitriles is 1. The van der Waals surface area contributed by atoms with Crippen LogP contribution in [0, 0.1) is 24.1 Å². The van der Waals surface area contributed by atoms with E-state index in [-0.39, 0.29) is 17.8 Å². The van der Waals surface area contributed by atoms with E-state index in [1.54, 1.807) is 17.0 Å². The molecule has 43 heavy (non-hydrogen) atoms. The zero-order valence-electron chi connectivity index (χ0n) is 24.4. The summed E-state index contributed by atoms with van der Waals surface area (Å²) in [5, 5.41) is 20.1. The number of hydrogen-bond acceptors (Lipinski definition) is 9. The average molecular weight is 601 g/mol. The Morgan fingerprint density at radius 1 is 1.19 bits per heavy atom. The van der Waals surface area contributed by atoms with Crippen molar-refractivity contribution >= 4 is 39.5 Å². The van der Waals surface area contributed by atoms with Crippen LogP contribution in [0.2, 0.25) is 0 Å². The molecule has 0 aliphatic carbocycles. The maximum atomic E-state index is 13.6. The summed E-state index contributed by atoms with van der Waals surface area (Å²) < 4.78 is 15.7. The Hall–Kier alpha value is -4.05. The normalized spacial score (nSPS) is 20.2. The van der Waals surface area contributed by atoms with E-state index in [2.05, 4.69) is 46.4 Å². The molecular weight excluding hydrogens is 567 g/mol. The van der Waals surface area contributed by atoms with Crippen molar-refractivity contribution < 1.29 is 14.3 Å². The molecule has 2 bridgehead atoms. The fourth-order valence-corrected chi connectivity index (χ4v) is 7.54. The number of amides is 1. The first-order chi connectivity index (χ1) is 20.7. The van der Waals surface area contributed by atoms with Gasteiger partial charge in [-0.1, -0.05) is 18.3 Å². The third-order valence-electron chi connectivity index (χ3n) is 8.95. The van der Waals surface area contributed by atoms with Gasteiger partial charge >= 0.3 is 0 Å². The maximum Gasteiger partial charge on any atom is 0.236 e. The number of hydrogen-bond donors (Lipinski definition) is 1. The standard InChI is InChI=1S/C31H33FN8O2S/c1-4-25-30(36(3)31-35-28(26(11-33)43-31)19-5-7-20(32)8-6-19)40-14-22(9-18(2)29(40)34-25)39-13-21-10-23(39)12-37(21)17-27(42)38-15-24(41)16-38/h5-9,14,21,23-24,41H,4,10,12-13,15-17H2,1-3H3/t21-,23-/m0/s1. The minimum absolute atomic E-state index is 0.101. The number of aryl methyl sites for hydroxylation is 2. The van der Waals surface area contributed by atoms with Gasteiger partial charge in [0.15, 0.2) is 5.13 Å². The minimum atomic E-state index is -0.381. The molecule has 6 heterocycles. The molecule has 3 fully saturated rings. The zero-order chi connectivity index (χ0) is 30.0. The summed E-state index contributed by atoms with van der Waals surface area (Å²) in [5.41, 5.74) is 5.24. The minimum Gasteiger partial charge on any atom is -0.389 e. The number of halogens is 1. The predicted octanol–water partition coefficient (Wildman–Crippen LogP) is 3.57. The van der Waals surface area contributed by atoms with Crippen molar-refractivity contribution in [1.82, 2.24) is 24.2 Å². The van der Waals surface area contributed by atoms with Gasteiger partial charge in [0.25, 0.3) is 0 Å². The lowest BCUT2D eigenvalue weighted by Crippen LogP contribution is -2.57. The summed E-state index contributed by atoms with van der Waals surface area (Å²) in [6.45, 7) is 7.15. The van der Waals surface area contributed by atoms with Gasteiger partial charge in [-0.2, -0.15) is 5.26 Å². The molecule has 4 aromatic rings. The van der Waals surface area contributed by atoms with Crippen LogP contribution >= 0.6 is 11.3 Å². The van der Waals surface area contributed by atoms with Gasteiger partial charge in [-0.3, -0.25) is 14.1 Å². The van der Waals surface area contributed by atoms with Crippen LogP contribution in [0.3, 0.4) is 0 Å². The quantitative estimate of drug-likeness (QED) is 0.344. The van der Waals surface area contributed by atoms with Crippen molar-refractivity contribution in [3.05, 3.63) is 58.5 Å². The summed E-state index contributed by atoms with van der Waals surface area (Å²) in [7, 11) is 1.95. The van der Waals surface area contributed by atoms with Crippen LogP contribution in [0.1, 0.15) is 29.5 Å². The monoisotopic (exact) mass is 600 g/mol. The first kappa shape index (κ1) is 27.8. The molecule has 3 saturated heterocycles. The van der Waals surface area contributed by atoms with Crippen molar-refractivity contribution in [1.29, 1.82) is 5.26 Å². The molecule has 3 aliphatic heterocycles. The Balaban J connectivity index is 1.18. The molecule has 1 N–H and O–H groups in total. The molecule has 1 aromatic carbocycles. The highest BCUT2D eigenvalue weighted by atomic mass is 32.1. The fraction of sp³-hybridized carbons (Fsp3) is 0.419. The summed E-state index contributed by atoms with van der Waals surface area (Å²) in [5.74, 6) is 0.669. The van der Waals surface area contributed by atoms with Gasteiger partial charge < -0.3 is 19.8 Å². The second-order valence-electron chi connectivity index (χ2n) is 11.7. The van der Waals surface area contributed by atoms with Gasteiger partial charge in [-0.05, 0) is 55.7 Å². The van der Waals surface area contributed by atoms with Gasteiger partial charge in [0.05, 0.1) is 24.0 Å². The van der Waals surface area contributed by atoms with E-state index >= 15 is 0 Å². The molecule has 10 nitrogen and oxygen atoms in total. The van der Waals surface area contributed by atoms with Crippen LogP contribution in [0.25, 0.3) is 16.9 Å². The molecule has 12 heteroatoms. The number of carbonyl (C=O) groups excluding carboxylic acids is 1. The first-order valence-corrected chi connectivity index (χ1v) is 15.4. The van der Waals surface area contributed by atoms with E-state index in [0.717, 1.165) is 54.3 Å². The molecule has 0 spiro atoms. The number of benzene rings is 1. The van der Waals surface area contributed by atoms with Crippen molar-refractivity contribution in [3.63, 3.8) is 0 Å². The number of β-amino-alcohol motifs (C(OH)–C–C–N with tert-alkyl or cyclic N) is 1. The van der Waals surface area contributed by atoms with Gasteiger partial charge in [0.1, 0.15) is 33.9 Å². The lowest BCUT2D eigenvalue weighted by Gasteiger charge is -2.39. The van der Waals surface area contributed by atoms with Crippen LogP contribution in [0.4, 0.5) is 21.0 Å². The number of pyridine rings is 1. The molecule has 0 radical (unpaired) electrons. The highest BCUT2D eigenvalue weighted by Crippen LogP contribution is 2.39. The number of piperazine rings is 1. The molecule has 1 amide bonds. The predicted molar refractivity (Wildman–Crippen MR) is 163 cm³/mol. The Morgan fingerprint density at radius 2 is 1.95 bits per heavy atom. The molecule has 0 unspecified atom stereocenters. The number of aliphatic hydroxyl groups excluding tert-OH is 1. The van der Waals surface area contributed by atoms with Crippen LogP contribution in [-0.4, -0.2) is 93.1 Å². The van der Waals surface area contributed by atoms with Gasteiger partial charge in [0, 0.05) is 57.1 Å². The van der Waals surface area contributed by atoms with E-state index in [0.29, 0.717) is 53.0 Å². The zero-order valence-corrected chi connectivity index (χ0v) is 25.2. The smallest absolute Gasteiger partial charge is 0.236 e. The molecule has 3 aliphatic rings. The number of thiazole rings is 1. The number of aliphatic hydroxyl groups is 1. The van der Waals surface area contributed by atoms with Gasteiger partial charge in [0.2, 0.25) is 5.91 Å². The van der Waals surface area contributed by atoms with Crippen molar-refractivity contribution in [2.45, 2.75) is 44.9 Å². The average Bonchev–Trinajstić information content (AvgIpc) is 3.77. The van der Waals surface area contributed by atoms with E-state index in [9.17, 15) is 19.6 Å². The van der Waals surface area contributed by atoms with E-state index < -0.39 is 0 Å². The molecule has 0 saturated carbocycles. The third kappa shape index (κ3) is 4.72. The lowest BCUT2D eigenvalue weighted by atomic mass is 10.1. The second-order valence-corrected chi connectivity index (χ2v) is 12.7. The highest BCUT2D eigenvalue weighted by Gasteiger charge is 2.45. The number of aromatic nitrogens is 3. The number of rotatable bonds is 7. The number of fused-ring (bicyclic) bond motifs is 3. The van der Waals surface area contributed by atoms with Crippen LogP contribution < -0.4 is 9.80 Å². The number of likely N-dealkylation sites (tertiary alicyclic amines) is 2. The Kier molecular flexibility index (Phi) is 6.84. The topological polar surface area (TPSA) is 104 Å². The SMILES string of the molecule is CCc1nc2c(C)cc(N3C[C@@H]4C[C@H]3CN4CC(=O)N3CC(O)C3)cn2c1N(C)c1nc(-c2ccc(F)cc2)c(C#N)s1. The number of nitrogens with zero attached hydrogens (tertiary/aromatic N) is 8. The van der Waals surface area contributed by atoms with Crippen LogP contribution in [0.15, 0.2) is 36.5 Å². The summed E-state index contributed by atoms with van der Waals surface area (Å²) in [4.78, 5) is 31.4. The Bertz CT molecular complexity index is 1760. The van der Waals surface area contributed by atoms with Crippen LogP contribution in [-0.2, 0) is 11.2 Å². The van der Waals surface area contributed by atoms with E-state index in [1.807, 2.05) is 11.9 Å². The Labute approximate surface area is 253 Å². The summed E-state index contributed by atoms with van der Waals surface area (Å²) in [6.07, 6.45) is 3.51. The third-order valence-corrected chi connectivity index (χ3v) is 9.98. The molecule has 2 atom stereocenters. The van der Waals surface area contributed by atoms with Crippen molar-refractivity contribution in [2.24, 2.45) is 0 Å². The highest BCUT2D eigenvalue weighted by molar-refractivity contribution is 7.16.